The van der Waals surface area contributed by atoms with Crippen LogP contribution in [0.1, 0.15) is 21.7 Å². The zero-order chi connectivity index (χ0) is 24.9. The molecule has 2 amide bonds. The molecule has 0 saturated heterocycles. The van der Waals surface area contributed by atoms with Gasteiger partial charge in [0.1, 0.15) is 12.3 Å². The number of nitrogens with one attached hydrogen (secondary N) is 2. The lowest BCUT2D eigenvalue weighted by Crippen LogP contribution is -2.24. The molecule has 10 nitrogen and oxygen atoms in total. The van der Waals surface area contributed by atoms with Crippen molar-refractivity contribution in [3.05, 3.63) is 83.9 Å². The van der Waals surface area contributed by atoms with E-state index in [1.807, 2.05) is 30.3 Å². The molecule has 2 aromatic carbocycles. The number of aryl methyl sites for hydroxylation is 1. The van der Waals surface area contributed by atoms with Gasteiger partial charge in [-0.1, -0.05) is 18.2 Å². The van der Waals surface area contributed by atoms with Crippen LogP contribution in [0.25, 0.3) is 5.69 Å². The molecule has 2 heterocycles. The Balaban J connectivity index is 1.39. The molecule has 0 radical (unpaired) electrons. The predicted molar refractivity (Wildman–Crippen MR) is 130 cm³/mol. The van der Waals surface area contributed by atoms with Crippen LogP contribution in [0.4, 0.5) is 11.4 Å². The summed E-state index contributed by atoms with van der Waals surface area (Å²) in [4.78, 5) is 37.9. The molecule has 0 aliphatic rings. The van der Waals surface area contributed by atoms with Crippen molar-refractivity contribution < 1.29 is 19.1 Å². The molecule has 0 fully saturated rings. The molecule has 0 spiro atoms. The van der Waals surface area contributed by atoms with Gasteiger partial charge in [-0.15, -0.1) is 0 Å². The first-order valence-corrected chi connectivity index (χ1v) is 10.8. The average Bonchev–Trinajstić information content (AvgIpc) is 3.42. The van der Waals surface area contributed by atoms with E-state index in [1.165, 1.54) is 17.1 Å². The Morgan fingerprint density at radius 3 is 2.34 bits per heavy atom. The third-order valence-corrected chi connectivity index (χ3v) is 5.30. The maximum absolute atomic E-state index is 12.9. The number of Topliss-reactive ketones (excluding diaryl/α,β-unsaturated/α-hetero) is 1. The number of carbonyl (C=O) groups is 3. The highest BCUT2D eigenvalue weighted by atomic mass is 16.5. The summed E-state index contributed by atoms with van der Waals surface area (Å²) in [6, 6.07) is 16.3. The third-order valence-electron chi connectivity index (χ3n) is 5.30. The molecule has 35 heavy (non-hydrogen) atoms. The van der Waals surface area contributed by atoms with Crippen molar-refractivity contribution >= 4 is 29.0 Å². The van der Waals surface area contributed by atoms with Gasteiger partial charge in [0, 0.05) is 11.9 Å². The minimum atomic E-state index is -0.814. The SMILES string of the molecule is COc1ccc(NC(=O)Cn2cc(NC(=O)C(=O)c3c(C)nn(-c4ccccc4)c3C)cn2)cc1. The van der Waals surface area contributed by atoms with Crippen molar-refractivity contribution in [2.24, 2.45) is 0 Å². The van der Waals surface area contributed by atoms with E-state index in [1.54, 1.807) is 49.9 Å². The maximum atomic E-state index is 12.9. The zero-order valence-electron chi connectivity index (χ0n) is 19.5. The van der Waals surface area contributed by atoms with Crippen molar-refractivity contribution in [1.82, 2.24) is 19.6 Å². The summed E-state index contributed by atoms with van der Waals surface area (Å²) < 4.78 is 8.09. The molecule has 4 aromatic rings. The minimum Gasteiger partial charge on any atom is -0.497 e. The van der Waals surface area contributed by atoms with E-state index in [2.05, 4.69) is 20.8 Å². The van der Waals surface area contributed by atoms with E-state index < -0.39 is 11.7 Å². The van der Waals surface area contributed by atoms with Gasteiger partial charge in [-0.25, -0.2) is 4.68 Å². The Bertz CT molecular complexity index is 1370. The van der Waals surface area contributed by atoms with Crippen LogP contribution in [-0.4, -0.2) is 44.3 Å². The average molecular weight is 473 g/mol. The first kappa shape index (κ1) is 23.4. The molecule has 0 aliphatic heterocycles. The Hall–Kier alpha value is -4.73. The fourth-order valence-corrected chi connectivity index (χ4v) is 3.63. The number of hydrogen-bond acceptors (Lipinski definition) is 6. The molecule has 178 valence electrons. The van der Waals surface area contributed by atoms with Gasteiger partial charge < -0.3 is 15.4 Å². The summed E-state index contributed by atoms with van der Waals surface area (Å²) >= 11 is 0. The summed E-state index contributed by atoms with van der Waals surface area (Å²) in [6.45, 7) is 3.36. The van der Waals surface area contributed by atoms with Crippen molar-refractivity contribution in [1.29, 1.82) is 0 Å². The lowest BCUT2D eigenvalue weighted by molar-refractivity contribution is -0.117. The van der Waals surface area contributed by atoms with E-state index in [0.717, 1.165) is 5.69 Å². The molecule has 2 aromatic heterocycles. The molecule has 2 N–H and O–H groups in total. The normalized spacial score (nSPS) is 10.6. The number of ether oxygens (including phenoxy) is 1. The van der Waals surface area contributed by atoms with E-state index in [9.17, 15) is 14.4 Å². The number of hydrogen-bond donors (Lipinski definition) is 2. The Labute approximate surface area is 201 Å². The number of aromatic nitrogens is 4. The van der Waals surface area contributed by atoms with Gasteiger partial charge >= 0.3 is 0 Å². The van der Waals surface area contributed by atoms with Gasteiger partial charge in [0.2, 0.25) is 5.91 Å². The molecule has 10 heteroatoms. The van der Waals surface area contributed by atoms with Gasteiger partial charge in [-0.3, -0.25) is 19.1 Å². The molecule has 0 bridgehead atoms. The van der Waals surface area contributed by atoms with Gasteiger partial charge in [-0.2, -0.15) is 10.2 Å². The number of para-hydroxylation sites is 1. The van der Waals surface area contributed by atoms with Gasteiger partial charge in [0.15, 0.2) is 0 Å². The first-order chi connectivity index (χ1) is 16.9. The van der Waals surface area contributed by atoms with Crippen molar-refractivity contribution in [2.45, 2.75) is 20.4 Å². The lowest BCUT2D eigenvalue weighted by atomic mass is 10.1. The van der Waals surface area contributed by atoms with Crippen molar-refractivity contribution in [3.63, 3.8) is 0 Å². The monoisotopic (exact) mass is 472 g/mol. The number of nitrogens with zero attached hydrogens (tertiary/aromatic N) is 4. The molecular formula is C25H24N6O4. The van der Waals surface area contributed by atoms with Gasteiger partial charge in [0.25, 0.3) is 11.7 Å². The molecule has 0 saturated carbocycles. The van der Waals surface area contributed by atoms with E-state index in [-0.39, 0.29) is 18.0 Å². The Morgan fingerprint density at radius 1 is 0.943 bits per heavy atom. The Morgan fingerprint density at radius 2 is 1.66 bits per heavy atom. The summed E-state index contributed by atoms with van der Waals surface area (Å²) in [5.74, 6) is -1.13. The molecule has 0 atom stereocenters. The molecule has 0 unspecified atom stereocenters. The number of carbonyl (C=O) groups excluding carboxylic acids is 3. The van der Waals surface area contributed by atoms with Crippen LogP contribution in [0.3, 0.4) is 0 Å². The smallest absolute Gasteiger partial charge is 0.296 e. The van der Waals surface area contributed by atoms with Crippen LogP contribution in [-0.2, 0) is 16.1 Å². The zero-order valence-corrected chi connectivity index (χ0v) is 19.5. The number of rotatable bonds is 8. The van der Waals surface area contributed by atoms with Crippen LogP contribution in [0.15, 0.2) is 67.0 Å². The van der Waals surface area contributed by atoms with Gasteiger partial charge in [-0.05, 0) is 50.2 Å². The first-order valence-electron chi connectivity index (χ1n) is 10.8. The summed E-state index contributed by atoms with van der Waals surface area (Å²) in [7, 11) is 1.56. The predicted octanol–water partition coefficient (Wildman–Crippen LogP) is 3.15. The van der Waals surface area contributed by atoms with Crippen LogP contribution in [0.5, 0.6) is 5.75 Å². The summed E-state index contributed by atoms with van der Waals surface area (Å²) in [5, 5.41) is 13.8. The molecular weight excluding hydrogens is 448 g/mol. The lowest BCUT2D eigenvalue weighted by Gasteiger charge is -2.06. The number of ketones is 1. The minimum absolute atomic E-state index is 0.0715. The largest absolute Gasteiger partial charge is 0.497 e. The van der Waals surface area contributed by atoms with Crippen LogP contribution in [0, 0.1) is 13.8 Å². The van der Waals surface area contributed by atoms with Crippen LogP contribution in [0.2, 0.25) is 0 Å². The second kappa shape index (κ2) is 10.0. The highest BCUT2D eigenvalue weighted by Crippen LogP contribution is 2.19. The number of methoxy groups -OCH3 is 1. The summed E-state index contributed by atoms with van der Waals surface area (Å²) in [5.41, 5.74) is 2.98. The summed E-state index contributed by atoms with van der Waals surface area (Å²) in [6.07, 6.45) is 2.85. The standard InChI is InChI=1S/C25H24N6O4/c1-16-23(17(2)31(29-16)20-7-5-4-6-8-20)24(33)25(34)28-19-13-26-30(14-19)15-22(32)27-18-9-11-21(35-3)12-10-18/h4-14H,15H2,1-3H3,(H,27,32)(H,28,34). The maximum Gasteiger partial charge on any atom is 0.296 e. The van der Waals surface area contributed by atoms with Crippen molar-refractivity contribution in [2.75, 3.05) is 17.7 Å². The van der Waals surface area contributed by atoms with Crippen molar-refractivity contribution in [3.8, 4) is 11.4 Å². The molecule has 0 aliphatic carbocycles. The fraction of sp³-hybridized carbons (Fsp3) is 0.160. The number of benzene rings is 2. The van der Waals surface area contributed by atoms with Gasteiger partial charge in [0.05, 0.1) is 41.6 Å². The Kier molecular flexibility index (Phi) is 6.72. The van der Waals surface area contributed by atoms with E-state index in [0.29, 0.717) is 28.5 Å². The van der Waals surface area contributed by atoms with Crippen LogP contribution < -0.4 is 15.4 Å². The number of anilines is 2. The second-order valence-electron chi connectivity index (χ2n) is 7.78. The highest BCUT2D eigenvalue weighted by Gasteiger charge is 2.25. The quantitative estimate of drug-likeness (QED) is 0.300. The molecule has 4 rings (SSSR count). The highest BCUT2D eigenvalue weighted by molar-refractivity contribution is 6.47. The van der Waals surface area contributed by atoms with Crippen LogP contribution >= 0.6 is 0 Å². The van der Waals surface area contributed by atoms with E-state index >= 15 is 0 Å². The number of amides is 2. The topological polar surface area (TPSA) is 120 Å². The third kappa shape index (κ3) is 5.27. The second-order valence-corrected chi connectivity index (χ2v) is 7.78. The fourth-order valence-electron chi connectivity index (χ4n) is 3.63. The van der Waals surface area contributed by atoms with E-state index in [4.69, 9.17) is 4.74 Å².